The van der Waals surface area contributed by atoms with Crippen molar-refractivity contribution in [3.8, 4) is 11.5 Å². The van der Waals surface area contributed by atoms with E-state index < -0.39 is 0 Å². The van der Waals surface area contributed by atoms with E-state index in [0.29, 0.717) is 23.8 Å². The fourth-order valence-electron chi connectivity index (χ4n) is 2.13. The third kappa shape index (κ3) is 3.60. The Morgan fingerprint density at radius 2 is 2.00 bits per heavy atom. The molecule has 0 unspecified atom stereocenters. The molecule has 0 N–H and O–H groups in total. The zero-order valence-corrected chi connectivity index (χ0v) is 14.2. The number of aryl methyl sites for hydroxylation is 1. The Hall–Kier alpha value is -2.18. The number of halogens is 1. The van der Waals surface area contributed by atoms with Crippen LogP contribution in [0.5, 0.6) is 0 Å². The maximum Gasteiger partial charge on any atom is 0.257 e. The molecule has 2 heterocycles. The molecule has 0 bridgehead atoms. The molecule has 1 amide bonds. The van der Waals surface area contributed by atoms with Gasteiger partial charge in [-0.15, -0.1) is 11.3 Å². The van der Waals surface area contributed by atoms with E-state index in [1.54, 1.807) is 43.1 Å². The van der Waals surface area contributed by atoms with E-state index in [9.17, 15) is 4.79 Å². The zero-order chi connectivity index (χ0) is 16.4. The zero-order valence-electron chi connectivity index (χ0n) is 12.6. The van der Waals surface area contributed by atoms with E-state index >= 15 is 0 Å². The lowest BCUT2D eigenvalue weighted by Crippen LogP contribution is -2.25. The third-order valence-corrected chi connectivity index (χ3v) is 4.49. The summed E-state index contributed by atoms with van der Waals surface area (Å²) in [4.78, 5) is 19.3. The molecular weight excluding hydrogens is 334 g/mol. The first kappa shape index (κ1) is 15.7. The van der Waals surface area contributed by atoms with E-state index in [1.165, 1.54) is 11.3 Å². The molecule has 0 saturated carbocycles. The second-order valence-electron chi connectivity index (χ2n) is 5.09. The normalized spacial score (nSPS) is 10.7. The molecule has 0 saturated heterocycles. The molecule has 0 radical (unpaired) electrons. The maximum absolute atomic E-state index is 12.5. The van der Waals surface area contributed by atoms with Crippen LogP contribution in [0.25, 0.3) is 11.5 Å². The molecule has 118 valence electrons. The van der Waals surface area contributed by atoms with Crippen molar-refractivity contribution < 1.29 is 9.32 Å². The van der Waals surface area contributed by atoms with Crippen LogP contribution >= 0.6 is 22.9 Å². The first-order valence-electron chi connectivity index (χ1n) is 6.93. The Balaban J connectivity index is 1.72. The van der Waals surface area contributed by atoms with Gasteiger partial charge in [-0.1, -0.05) is 16.8 Å². The number of hydrogen-bond acceptors (Lipinski definition) is 5. The average Bonchev–Trinajstić information content (AvgIpc) is 3.15. The quantitative estimate of drug-likeness (QED) is 0.714. The molecule has 23 heavy (non-hydrogen) atoms. The van der Waals surface area contributed by atoms with Gasteiger partial charge in [0.25, 0.3) is 11.8 Å². The number of benzene rings is 1. The summed E-state index contributed by atoms with van der Waals surface area (Å²) in [6, 6.07) is 10.9. The minimum Gasteiger partial charge on any atom is -0.337 e. The summed E-state index contributed by atoms with van der Waals surface area (Å²) >= 11 is 7.39. The van der Waals surface area contributed by atoms with Gasteiger partial charge in [0.05, 0.1) is 10.9 Å². The molecule has 0 aliphatic carbocycles. The van der Waals surface area contributed by atoms with E-state index in [4.69, 9.17) is 16.1 Å². The lowest BCUT2D eigenvalue weighted by atomic mass is 10.1. The van der Waals surface area contributed by atoms with Crippen LogP contribution in [-0.2, 0) is 6.54 Å². The highest BCUT2D eigenvalue weighted by molar-refractivity contribution is 7.16. The highest BCUT2D eigenvalue weighted by Gasteiger charge is 2.14. The molecule has 0 atom stereocenters. The molecule has 2 aromatic heterocycles. The average molecular weight is 348 g/mol. The van der Waals surface area contributed by atoms with Gasteiger partial charge in [-0.3, -0.25) is 4.79 Å². The summed E-state index contributed by atoms with van der Waals surface area (Å²) in [6.07, 6.45) is 0. The summed E-state index contributed by atoms with van der Waals surface area (Å²) in [7, 11) is 1.77. The minimum absolute atomic E-state index is 0.0530. The SMILES string of the molecule is Cc1noc(-c2ccc(C(=O)N(C)Cc3ccc(Cl)s3)cc2)n1. The molecule has 7 heteroatoms. The number of amides is 1. The molecule has 5 nitrogen and oxygen atoms in total. The van der Waals surface area contributed by atoms with Gasteiger partial charge in [0.1, 0.15) is 0 Å². The van der Waals surface area contributed by atoms with E-state index in [1.807, 2.05) is 12.1 Å². The molecule has 3 aromatic rings. The minimum atomic E-state index is -0.0530. The van der Waals surface area contributed by atoms with Crippen LogP contribution in [0.15, 0.2) is 40.9 Å². The van der Waals surface area contributed by atoms with Crippen molar-refractivity contribution in [2.45, 2.75) is 13.5 Å². The van der Waals surface area contributed by atoms with Crippen molar-refractivity contribution in [3.05, 3.63) is 57.0 Å². The molecule has 0 aliphatic rings. The topological polar surface area (TPSA) is 59.2 Å². The summed E-state index contributed by atoms with van der Waals surface area (Å²) in [5.74, 6) is 0.973. The predicted molar refractivity (Wildman–Crippen MR) is 89.6 cm³/mol. The molecule has 0 spiro atoms. The standard InChI is InChI=1S/C16H14ClN3O2S/c1-10-18-15(22-19-10)11-3-5-12(6-4-11)16(21)20(2)9-13-7-8-14(17)23-13/h3-8H,9H2,1-2H3. The second-order valence-corrected chi connectivity index (χ2v) is 6.89. The fraction of sp³-hybridized carbons (Fsp3) is 0.188. The van der Waals surface area contributed by atoms with Crippen molar-refractivity contribution in [2.24, 2.45) is 0 Å². The smallest absolute Gasteiger partial charge is 0.257 e. The number of nitrogens with zero attached hydrogens (tertiary/aromatic N) is 3. The lowest BCUT2D eigenvalue weighted by molar-refractivity contribution is 0.0786. The Bertz CT molecular complexity index is 826. The Kier molecular flexibility index (Phi) is 4.45. The van der Waals surface area contributed by atoms with Crippen molar-refractivity contribution in [1.29, 1.82) is 0 Å². The molecule has 3 rings (SSSR count). The van der Waals surface area contributed by atoms with Gasteiger partial charge in [-0.05, 0) is 43.3 Å². The van der Waals surface area contributed by atoms with Gasteiger partial charge < -0.3 is 9.42 Å². The molecule has 0 fully saturated rings. The van der Waals surface area contributed by atoms with Gasteiger partial charge in [-0.25, -0.2) is 0 Å². The number of thiophene rings is 1. The van der Waals surface area contributed by atoms with E-state index in [0.717, 1.165) is 14.8 Å². The highest BCUT2D eigenvalue weighted by atomic mass is 35.5. The fourth-order valence-corrected chi connectivity index (χ4v) is 3.27. The number of carbonyl (C=O) groups excluding carboxylic acids is 1. The van der Waals surface area contributed by atoms with Crippen LogP contribution in [0, 0.1) is 6.92 Å². The van der Waals surface area contributed by atoms with Crippen LogP contribution < -0.4 is 0 Å². The molecule has 0 aliphatic heterocycles. The van der Waals surface area contributed by atoms with Gasteiger partial charge in [0.2, 0.25) is 0 Å². The Morgan fingerprint density at radius 1 is 1.26 bits per heavy atom. The van der Waals surface area contributed by atoms with Crippen LogP contribution in [0.4, 0.5) is 0 Å². The highest BCUT2D eigenvalue weighted by Crippen LogP contribution is 2.23. The van der Waals surface area contributed by atoms with Crippen LogP contribution in [0.1, 0.15) is 21.1 Å². The Labute approximate surface area is 142 Å². The molecular formula is C16H14ClN3O2S. The third-order valence-electron chi connectivity index (χ3n) is 3.27. The lowest BCUT2D eigenvalue weighted by Gasteiger charge is -2.16. The van der Waals surface area contributed by atoms with E-state index in [2.05, 4.69) is 10.1 Å². The summed E-state index contributed by atoms with van der Waals surface area (Å²) in [6.45, 7) is 2.29. The maximum atomic E-state index is 12.5. The number of hydrogen-bond donors (Lipinski definition) is 0. The van der Waals surface area contributed by atoms with Gasteiger partial charge >= 0.3 is 0 Å². The van der Waals surface area contributed by atoms with Gasteiger partial charge in [0, 0.05) is 23.1 Å². The van der Waals surface area contributed by atoms with Crippen LogP contribution in [0.2, 0.25) is 4.34 Å². The van der Waals surface area contributed by atoms with Gasteiger partial charge in [-0.2, -0.15) is 4.98 Å². The summed E-state index contributed by atoms with van der Waals surface area (Å²) in [5.41, 5.74) is 1.39. The monoisotopic (exact) mass is 347 g/mol. The predicted octanol–water partition coefficient (Wildman–Crippen LogP) is 4.03. The van der Waals surface area contributed by atoms with Crippen LogP contribution in [0.3, 0.4) is 0 Å². The Morgan fingerprint density at radius 3 is 2.57 bits per heavy atom. The first-order chi connectivity index (χ1) is 11.0. The summed E-state index contributed by atoms with van der Waals surface area (Å²) < 4.78 is 5.83. The number of carbonyl (C=O) groups is 1. The summed E-state index contributed by atoms with van der Waals surface area (Å²) in [5, 5.41) is 3.76. The van der Waals surface area contributed by atoms with Crippen molar-refractivity contribution in [3.63, 3.8) is 0 Å². The van der Waals surface area contributed by atoms with E-state index in [-0.39, 0.29) is 5.91 Å². The van der Waals surface area contributed by atoms with Crippen LogP contribution in [-0.4, -0.2) is 28.0 Å². The van der Waals surface area contributed by atoms with Gasteiger partial charge in [0.15, 0.2) is 5.82 Å². The molecule has 1 aromatic carbocycles. The largest absolute Gasteiger partial charge is 0.337 e. The number of rotatable bonds is 4. The van der Waals surface area contributed by atoms with Crippen molar-refractivity contribution in [1.82, 2.24) is 15.0 Å². The second kappa shape index (κ2) is 6.52. The van der Waals surface area contributed by atoms with Crippen molar-refractivity contribution in [2.75, 3.05) is 7.05 Å². The first-order valence-corrected chi connectivity index (χ1v) is 8.13. The van der Waals surface area contributed by atoms with Crippen molar-refractivity contribution >= 4 is 28.8 Å². The number of aromatic nitrogens is 2.